The lowest BCUT2D eigenvalue weighted by atomic mass is 10.0. The van der Waals surface area contributed by atoms with Crippen LogP contribution in [0.5, 0.6) is 11.5 Å². The molecular weight excluding hydrogens is 274 g/mol. The summed E-state index contributed by atoms with van der Waals surface area (Å²) in [5, 5.41) is 11.6. The van der Waals surface area contributed by atoms with Gasteiger partial charge in [0.05, 0.1) is 20.1 Å². The number of aliphatic carboxylic acids is 1. The van der Waals surface area contributed by atoms with E-state index in [1.807, 2.05) is 6.92 Å². The Hall–Kier alpha value is -2.24. The fourth-order valence-corrected chi connectivity index (χ4v) is 1.85. The van der Waals surface area contributed by atoms with Crippen LogP contribution in [0.4, 0.5) is 0 Å². The molecule has 0 spiro atoms. The molecule has 1 aromatic carbocycles. The third-order valence-electron chi connectivity index (χ3n) is 3.51. The number of amides is 1. The predicted octanol–water partition coefficient (Wildman–Crippen LogP) is 1.85. The van der Waals surface area contributed by atoms with Gasteiger partial charge in [-0.05, 0) is 32.9 Å². The van der Waals surface area contributed by atoms with E-state index in [0.29, 0.717) is 17.1 Å². The Bertz CT molecular complexity index is 516. The molecule has 6 heteroatoms. The first-order valence-corrected chi connectivity index (χ1v) is 6.58. The quantitative estimate of drug-likeness (QED) is 0.836. The van der Waals surface area contributed by atoms with Crippen LogP contribution < -0.4 is 14.8 Å². The van der Waals surface area contributed by atoms with Gasteiger partial charge in [-0.3, -0.25) is 9.59 Å². The molecule has 6 nitrogen and oxygen atoms in total. The number of hydrogen-bond donors (Lipinski definition) is 2. The van der Waals surface area contributed by atoms with Gasteiger partial charge in [0.25, 0.3) is 5.91 Å². The molecule has 0 aliphatic heterocycles. The molecule has 21 heavy (non-hydrogen) atoms. The molecule has 0 saturated carbocycles. The molecule has 1 amide bonds. The van der Waals surface area contributed by atoms with Gasteiger partial charge in [-0.15, -0.1) is 0 Å². The summed E-state index contributed by atoms with van der Waals surface area (Å²) in [7, 11) is 3.02. The Morgan fingerprint density at radius 3 is 2.00 bits per heavy atom. The molecular formula is C15H21NO5. The van der Waals surface area contributed by atoms with Crippen molar-refractivity contribution in [2.75, 3.05) is 14.2 Å². The summed E-state index contributed by atoms with van der Waals surface area (Å²) in [6, 6.07) is 2.71. The summed E-state index contributed by atoms with van der Waals surface area (Å²) >= 11 is 0. The van der Waals surface area contributed by atoms with Gasteiger partial charge in [-0.2, -0.15) is 0 Å². The van der Waals surface area contributed by atoms with Crippen molar-refractivity contribution in [1.82, 2.24) is 5.32 Å². The number of rotatable bonds is 6. The molecule has 0 bridgehead atoms. The monoisotopic (exact) mass is 295 g/mol. The average molecular weight is 295 g/mol. The highest BCUT2D eigenvalue weighted by atomic mass is 16.5. The summed E-state index contributed by atoms with van der Waals surface area (Å²) in [5.41, 5.74) is 1.15. The van der Waals surface area contributed by atoms with E-state index in [9.17, 15) is 9.59 Å². The van der Waals surface area contributed by atoms with E-state index < -0.39 is 17.9 Å². The second-order valence-corrected chi connectivity index (χ2v) is 4.89. The van der Waals surface area contributed by atoms with Crippen LogP contribution in [0.3, 0.4) is 0 Å². The first kappa shape index (κ1) is 16.8. The maximum absolute atomic E-state index is 12.2. The van der Waals surface area contributed by atoms with Crippen molar-refractivity contribution in [2.24, 2.45) is 5.92 Å². The minimum Gasteiger partial charge on any atom is -0.496 e. The Morgan fingerprint density at radius 2 is 1.62 bits per heavy atom. The van der Waals surface area contributed by atoms with Crippen LogP contribution in [-0.4, -0.2) is 37.2 Å². The van der Waals surface area contributed by atoms with Gasteiger partial charge >= 0.3 is 5.97 Å². The zero-order valence-electron chi connectivity index (χ0n) is 12.9. The van der Waals surface area contributed by atoms with Crippen molar-refractivity contribution in [3.05, 3.63) is 23.3 Å². The van der Waals surface area contributed by atoms with E-state index in [2.05, 4.69) is 5.32 Å². The lowest BCUT2D eigenvalue weighted by molar-refractivity contribution is -0.141. The first-order chi connectivity index (χ1) is 9.81. The Balaban J connectivity index is 3.00. The number of methoxy groups -OCH3 is 2. The second kappa shape index (κ2) is 6.97. The van der Waals surface area contributed by atoms with Crippen LogP contribution in [-0.2, 0) is 4.79 Å². The van der Waals surface area contributed by atoms with Gasteiger partial charge in [0.1, 0.15) is 11.5 Å². The molecule has 0 heterocycles. The van der Waals surface area contributed by atoms with E-state index in [-0.39, 0.29) is 5.91 Å². The lowest BCUT2D eigenvalue weighted by Gasteiger charge is -2.18. The maximum Gasteiger partial charge on any atom is 0.308 e. The Kier molecular flexibility index (Phi) is 5.58. The zero-order chi connectivity index (χ0) is 16.2. The van der Waals surface area contributed by atoms with E-state index in [1.165, 1.54) is 14.2 Å². The van der Waals surface area contributed by atoms with Crippen molar-refractivity contribution in [3.63, 3.8) is 0 Å². The third-order valence-corrected chi connectivity index (χ3v) is 3.51. The highest BCUT2D eigenvalue weighted by molar-refractivity contribution is 5.95. The van der Waals surface area contributed by atoms with Gasteiger partial charge < -0.3 is 19.9 Å². The molecule has 116 valence electrons. The van der Waals surface area contributed by atoms with Gasteiger partial charge in [-0.25, -0.2) is 0 Å². The molecule has 2 N–H and O–H groups in total. The van der Waals surface area contributed by atoms with Crippen molar-refractivity contribution in [1.29, 1.82) is 0 Å². The Morgan fingerprint density at radius 1 is 1.14 bits per heavy atom. The summed E-state index contributed by atoms with van der Waals surface area (Å²) in [5.74, 6) is -0.922. The topological polar surface area (TPSA) is 84.9 Å². The summed E-state index contributed by atoms with van der Waals surface area (Å²) < 4.78 is 10.4. The second-order valence-electron chi connectivity index (χ2n) is 4.89. The molecule has 0 radical (unpaired) electrons. The molecule has 0 saturated heterocycles. The number of carbonyl (C=O) groups excluding carboxylic acids is 1. The van der Waals surface area contributed by atoms with Gasteiger partial charge in [0.15, 0.2) is 0 Å². The minimum absolute atomic E-state index is 0.360. The van der Waals surface area contributed by atoms with Crippen molar-refractivity contribution in [2.45, 2.75) is 26.8 Å². The van der Waals surface area contributed by atoms with Gasteiger partial charge in [0, 0.05) is 17.2 Å². The number of nitrogens with one attached hydrogen (secondary N) is 1. The third kappa shape index (κ3) is 3.87. The Labute approximate surface area is 124 Å². The van der Waals surface area contributed by atoms with Crippen LogP contribution in [0.25, 0.3) is 0 Å². The van der Waals surface area contributed by atoms with Crippen LogP contribution in [0.15, 0.2) is 12.1 Å². The highest BCUT2D eigenvalue weighted by Crippen LogP contribution is 2.29. The highest BCUT2D eigenvalue weighted by Gasteiger charge is 2.22. The van der Waals surface area contributed by atoms with Crippen LogP contribution in [0.2, 0.25) is 0 Å². The van der Waals surface area contributed by atoms with Crippen molar-refractivity contribution in [3.8, 4) is 11.5 Å². The van der Waals surface area contributed by atoms with Crippen LogP contribution in [0, 0.1) is 12.8 Å². The largest absolute Gasteiger partial charge is 0.496 e. The van der Waals surface area contributed by atoms with E-state index >= 15 is 0 Å². The fourth-order valence-electron chi connectivity index (χ4n) is 1.85. The number of ether oxygens (including phenoxy) is 2. The number of carboxylic acid groups (broad SMARTS) is 1. The van der Waals surface area contributed by atoms with Crippen molar-refractivity contribution >= 4 is 11.9 Å². The molecule has 2 unspecified atom stereocenters. The molecule has 0 aliphatic rings. The molecule has 1 aromatic rings. The molecule has 2 atom stereocenters. The first-order valence-electron chi connectivity index (χ1n) is 6.58. The summed E-state index contributed by atoms with van der Waals surface area (Å²) in [6.45, 7) is 5.03. The number of hydrogen-bond acceptors (Lipinski definition) is 4. The average Bonchev–Trinajstić information content (AvgIpc) is 2.46. The smallest absolute Gasteiger partial charge is 0.308 e. The number of carbonyl (C=O) groups is 2. The molecule has 0 aliphatic carbocycles. The van der Waals surface area contributed by atoms with E-state index in [4.69, 9.17) is 14.6 Å². The van der Waals surface area contributed by atoms with Gasteiger partial charge in [-0.1, -0.05) is 0 Å². The predicted molar refractivity (Wildman–Crippen MR) is 78.0 cm³/mol. The van der Waals surface area contributed by atoms with E-state index in [1.54, 1.807) is 26.0 Å². The molecule has 0 aromatic heterocycles. The van der Waals surface area contributed by atoms with E-state index in [0.717, 1.165) is 5.56 Å². The minimum atomic E-state index is -0.957. The summed E-state index contributed by atoms with van der Waals surface area (Å²) in [6.07, 6.45) is 0. The number of carboxylic acids is 1. The standard InChI is InChI=1S/C15H21NO5/c1-8(15(18)19)10(3)16-14(17)11-6-12(20-4)9(2)13(7-11)21-5/h6-8,10H,1-5H3,(H,16,17)(H,18,19). The lowest BCUT2D eigenvalue weighted by Crippen LogP contribution is -2.40. The SMILES string of the molecule is COc1cc(C(=O)NC(C)C(C)C(=O)O)cc(OC)c1C. The fraction of sp³-hybridized carbons (Fsp3) is 0.467. The number of benzene rings is 1. The molecule has 0 fully saturated rings. The van der Waals surface area contributed by atoms with Crippen LogP contribution >= 0.6 is 0 Å². The van der Waals surface area contributed by atoms with Crippen LogP contribution in [0.1, 0.15) is 29.8 Å². The van der Waals surface area contributed by atoms with Crippen molar-refractivity contribution < 1.29 is 24.2 Å². The van der Waals surface area contributed by atoms with Gasteiger partial charge in [0.2, 0.25) is 0 Å². The zero-order valence-corrected chi connectivity index (χ0v) is 12.9. The maximum atomic E-state index is 12.2. The molecule has 1 rings (SSSR count). The normalized spacial score (nSPS) is 13.2. The summed E-state index contributed by atoms with van der Waals surface area (Å²) in [4.78, 5) is 23.1.